The van der Waals surface area contributed by atoms with Crippen LogP contribution in [-0.2, 0) is 0 Å². The van der Waals surface area contributed by atoms with Crippen molar-refractivity contribution in [3.8, 4) is 34.3 Å². The lowest BCUT2D eigenvalue weighted by atomic mass is 10.1. The summed E-state index contributed by atoms with van der Waals surface area (Å²) in [5.41, 5.74) is 6.49. The van der Waals surface area contributed by atoms with Crippen LogP contribution < -0.4 is 5.73 Å². The Labute approximate surface area is 118 Å². The summed E-state index contributed by atoms with van der Waals surface area (Å²) >= 11 is 0. The highest BCUT2D eigenvalue weighted by molar-refractivity contribution is 5.65. The highest BCUT2D eigenvalue weighted by atomic mass is 19.1. The predicted octanol–water partition coefficient (Wildman–Crippen LogP) is 2.54. The molecule has 7 heteroatoms. The molecule has 0 radical (unpaired) electrons. The van der Waals surface area contributed by atoms with Crippen LogP contribution in [0.5, 0.6) is 11.5 Å². The van der Waals surface area contributed by atoms with Gasteiger partial charge in [0.05, 0.1) is 5.56 Å². The first-order valence-electron chi connectivity index (χ1n) is 5.96. The minimum Gasteiger partial charge on any atom is -0.504 e. The molecule has 3 aromatic rings. The summed E-state index contributed by atoms with van der Waals surface area (Å²) in [6, 6.07) is 8.09. The molecule has 0 aliphatic heterocycles. The Bertz CT molecular complexity index is 817. The summed E-state index contributed by atoms with van der Waals surface area (Å²) in [5, 5.41) is 22.4. The maximum Gasteiger partial charge on any atom is 0.261 e. The zero-order chi connectivity index (χ0) is 15.0. The van der Waals surface area contributed by atoms with E-state index in [2.05, 4.69) is 10.1 Å². The van der Waals surface area contributed by atoms with Crippen molar-refractivity contribution in [2.24, 2.45) is 0 Å². The number of phenols is 2. The van der Waals surface area contributed by atoms with Gasteiger partial charge in [-0.15, -0.1) is 0 Å². The van der Waals surface area contributed by atoms with E-state index in [1.54, 1.807) is 0 Å². The maximum absolute atomic E-state index is 13.7. The molecule has 0 spiro atoms. The van der Waals surface area contributed by atoms with Crippen LogP contribution >= 0.6 is 0 Å². The first-order chi connectivity index (χ1) is 10.0. The van der Waals surface area contributed by atoms with Crippen LogP contribution in [0.25, 0.3) is 22.8 Å². The van der Waals surface area contributed by atoms with E-state index in [4.69, 9.17) is 10.3 Å². The molecule has 0 fully saturated rings. The van der Waals surface area contributed by atoms with Crippen molar-refractivity contribution < 1.29 is 19.1 Å². The standard InChI is InChI=1S/C14H10FN3O3/c15-10-3-2-8(16)6-9(10)14-17-13(18-21-14)7-1-4-11(19)12(20)5-7/h1-6,19-20H,16H2. The van der Waals surface area contributed by atoms with Crippen molar-refractivity contribution in [3.05, 3.63) is 42.2 Å². The van der Waals surface area contributed by atoms with Crippen LogP contribution in [0.3, 0.4) is 0 Å². The Morgan fingerprint density at radius 1 is 1.05 bits per heavy atom. The van der Waals surface area contributed by atoms with Crippen LogP contribution in [0.4, 0.5) is 10.1 Å². The number of benzene rings is 2. The van der Waals surface area contributed by atoms with Crippen molar-refractivity contribution >= 4 is 5.69 Å². The number of aromatic nitrogens is 2. The van der Waals surface area contributed by atoms with Gasteiger partial charge in [-0.2, -0.15) is 4.98 Å². The van der Waals surface area contributed by atoms with Gasteiger partial charge in [0.2, 0.25) is 5.82 Å². The van der Waals surface area contributed by atoms with Gasteiger partial charge < -0.3 is 20.5 Å². The third kappa shape index (κ3) is 2.36. The van der Waals surface area contributed by atoms with E-state index in [9.17, 15) is 14.6 Å². The molecule has 0 aliphatic carbocycles. The van der Waals surface area contributed by atoms with Gasteiger partial charge in [0.15, 0.2) is 11.5 Å². The van der Waals surface area contributed by atoms with E-state index >= 15 is 0 Å². The molecule has 0 amide bonds. The van der Waals surface area contributed by atoms with Crippen LogP contribution in [0, 0.1) is 5.82 Å². The number of halogens is 1. The molecule has 3 rings (SSSR count). The molecule has 21 heavy (non-hydrogen) atoms. The second kappa shape index (κ2) is 4.78. The number of nitrogens with two attached hydrogens (primary N) is 1. The summed E-state index contributed by atoms with van der Waals surface area (Å²) in [6.07, 6.45) is 0. The van der Waals surface area contributed by atoms with Crippen LogP contribution in [-0.4, -0.2) is 20.4 Å². The van der Waals surface area contributed by atoms with Crippen LogP contribution in [0.1, 0.15) is 0 Å². The molecule has 4 N–H and O–H groups in total. The van der Waals surface area contributed by atoms with E-state index < -0.39 is 5.82 Å². The lowest BCUT2D eigenvalue weighted by molar-refractivity contribution is 0.403. The van der Waals surface area contributed by atoms with Gasteiger partial charge in [-0.05, 0) is 36.4 Å². The monoisotopic (exact) mass is 287 g/mol. The van der Waals surface area contributed by atoms with Gasteiger partial charge in [0, 0.05) is 11.3 Å². The zero-order valence-corrected chi connectivity index (χ0v) is 10.6. The Morgan fingerprint density at radius 3 is 2.62 bits per heavy atom. The molecule has 6 nitrogen and oxygen atoms in total. The van der Waals surface area contributed by atoms with E-state index in [0.29, 0.717) is 11.3 Å². The second-order valence-corrected chi connectivity index (χ2v) is 4.37. The average Bonchev–Trinajstić information content (AvgIpc) is 2.94. The molecule has 0 aliphatic rings. The van der Waals surface area contributed by atoms with Gasteiger partial charge in [0.25, 0.3) is 5.89 Å². The summed E-state index contributed by atoms with van der Waals surface area (Å²) in [5.74, 6) is -0.976. The largest absolute Gasteiger partial charge is 0.504 e. The third-order valence-electron chi connectivity index (χ3n) is 2.88. The number of hydrogen-bond donors (Lipinski definition) is 3. The van der Waals surface area contributed by atoms with Gasteiger partial charge in [-0.3, -0.25) is 0 Å². The summed E-state index contributed by atoms with van der Waals surface area (Å²) in [6.45, 7) is 0. The maximum atomic E-state index is 13.7. The fourth-order valence-corrected chi connectivity index (χ4v) is 1.82. The SMILES string of the molecule is Nc1ccc(F)c(-c2nc(-c3ccc(O)c(O)c3)no2)c1. The summed E-state index contributed by atoms with van der Waals surface area (Å²) < 4.78 is 18.7. The molecule has 2 aromatic carbocycles. The zero-order valence-electron chi connectivity index (χ0n) is 10.6. The number of phenolic OH excluding ortho intramolecular Hbond substituents is 2. The van der Waals surface area contributed by atoms with Gasteiger partial charge in [0.1, 0.15) is 5.82 Å². The Hall–Kier alpha value is -3.09. The molecule has 1 heterocycles. The fourth-order valence-electron chi connectivity index (χ4n) is 1.82. The van der Waals surface area contributed by atoms with E-state index in [-0.39, 0.29) is 28.8 Å². The van der Waals surface area contributed by atoms with Crippen molar-refractivity contribution in [2.75, 3.05) is 5.73 Å². The molecule has 0 saturated heterocycles. The first kappa shape index (κ1) is 12.9. The first-order valence-corrected chi connectivity index (χ1v) is 5.96. The van der Waals surface area contributed by atoms with E-state index in [1.165, 1.54) is 36.4 Å². The molecule has 0 bridgehead atoms. The Morgan fingerprint density at radius 2 is 1.86 bits per heavy atom. The number of aromatic hydroxyl groups is 2. The lowest BCUT2D eigenvalue weighted by Crippen LogP contribution is -1.89. The summed E-state index contributed by atoms with van der Waals surface area (Å²) in [4.78, 5) is 4.06. The number of rotatable bonds is 2. The molecule has 106 valence electrons. The highest BCUT2D eigenvalue weighted by Gasteiger charge is 2.15. The molecular formula is C14H10FN3O3. The third-order valence-corrected chi connectivity index (χ3v) is 2.88. The topological polar surface area (TPSA) is 105 Å². The molecule has 0 unspecified atom stereocenters. The predicted molar refractivity (Wildman–Crippen MR) is 72.9 cm³/mol. The van der Waals surface area contributed by atoms with Crippen LogP contribution in [0.2, 0.25) is 0 Å². The van der Waals surface area contributed by atoms with Gasteiger partial charge >= 0.3 is 0 Å². The number of nitrogen functional groups attached to an aromatic ring is 1. The minimum absolute atomic E-state index is 0.0256. The normalized spacial score (nSPS) is 10.7. The number of nitrogens with zero attached hydrogens (tertiary/aromatic N) is 2. The molecule has 0 saturated carbocycles. The minimum atomic E-state index is -0.534. The Balaban J connectivity index is 2.03. The molecule has 0 atom stereocenters. The quantitative estimate of drug-likeness (QED) is 0.494. The number of anilines is 1. The highest BCUT2D eigenvalue weighted by Crippen LogP contribution is 2.31. The van der Waals surface area contributed by atoms with Crippen molar-refractivity contribution in [1.82, 2.24) is 10.1 Å². The second-order valence-electron chi connectivity index (χ2n) is 4.37. The van der Waals surface area contributed by atoms with Crippen molar-refractivity contribution in [1.29, 1.82) is 0 Å². The fraction of sp³-hybridized carbons (Fsp3) is 0. The Kier molecular flexibility index (Phi) is 2.94. The smallest absolute Gasteiger partial charge is 0.261 e. The summed E-state index contributed by atoms with van der Waals surface area (Å²) in [7, 11) is 0. The van der Waals surface area contributed by atoms with Crippen molar-refractivity contribution in [2.45, 2.75) is 0 Å². The molecular weight excluding hydrogens is 277 g/mol. The van der Waals surface area contributed by atoms with Gasteiger partial charge in [-0.1, -0.05) is 5.16 Å². The van der Waals surface area contributed by atoms with Crippen molar-refractivity contribution in [3.63, 3.8) is 0 Å². The van der Waals surface area contributed by atoms with E-state index in [0.717, 1.165) is 0 Å². The van der Waals surface area contributed by atoms with Crippen LogP contribution in [0.15, 0.2) is 40.9 Å². The van der Waals surface area contributed by atoms with E-state index in [1.807, 2.05) is 0 Å². The lowest BCUT2D eigenvalue weighted by Gasteiger charge is -1.99. The average molecular weight is 287 g/mol. The number of hydrogen-bond acceptors (Lipinski definition) is 6. The molecule has 1 aromatic heterocycles. The van der Waals surface area contributed by atoms with Gasteiger partial charge in [-0.25, -0.2) is 4.39 Å².